The van der Waals surface area contributed by atoms with Gasteiger partial charge >= 0.3 is 0 Å². The van der Waals surface area contributed by atoms with Crippen LogP contribution in [-0.2, 0) is 6.42 Å². The van der Waals surface area contributed by atoms with Crippen molar-refractivity contribution >= 4 is 0 Å². The summed E-state index contributed by atoms with van der Waals surface area (Å²) < 4.78 is 0. The minimum Gasteiger partial charge on any atom is -0.391 e. The number of unbranched alkanes of at least 4 members (excludes halogenated alkanes) is 6. The molecule has 1 aromatic carbocycles. The van der Waals surface area contributed by atoms with Crippen molar-refractivity contribution in [2.45, 2.75) is 89.3 Å². The molecule has 1 aliphatic heterocycles. The summed E-state index contributed by atoms with van der Waals surface area (Å²) in [6, 6.07) is 11.2. The summed E-state index contributed by atoms with van der Waals surface area (Å²) in [7, 11) is 0. The largest absolute Gasteiger partial charge is 0.391 e. The fourth-order valence-electron chi connectivity index (χ4n) is 3.55. The van der Waals surface area contributed by atoms with Crippen LogP contribution in [0.2, 0.25) is 0 Å². The van der Waals surface area contributed by atoms with Gasteiger partial charge in [0.05, 0.1) is 6.10 Å². The van der Waals surface area contributed by atoms with Gasteiger partial charge in [0.1, 0.15) is 0 Å². The zero-order valence-corrected chi connectivity index (χ0v) is 14.1. The Hall–Kier alpha value is -0.860. The standard InChI is InChI=1S/C20H33NO/c1-2-3-4-5-6-7-11-14-18-16-20(22)19(21-18)15-17-12-9-8-10-13-17/h8-10,12-13,18-22H,2-7,11,14-16H2,1H3/t18-,19+,20+/m1/s1. The summed E-state index contributed by atoms with van der Waals surface area (Å²) in [5.41, 5.74) is 1.32. The van der Waals surface area contributed by atoms with E-state index < -0.39 is 0 Å². The predicted molar refractivity (Wildman–Crippen MR) is 94.1 cm³/mol. The van der Waals surface area contributed by atoms with Crippen molar-refractivity contribution in [1.82, 2.24) is 5.32 Å². The molecule has 1 fully saturated rings. The third-order valence-electron chi connectivity index (χ3n) is 4.89. The molecule has 2 heteroatoms. The highest BCUT2D eigenvalue weighted by molar-refractivity contribution is 5.17. The summed E-state index contributed by atoms with van der Waals surface area (Å²) in [6.07, 6.45) is 12.4. The predicted octanol–water partition coefficient (Wildman–Crippen LogP) is 4.46. The van der Waals surface area contributed by atoms with Gasteiger partial charge in [-0.25, -0.2) is 0 Å². The van der Waals surface area contributed by atoms with E-state index >= 15 is 0 Å². The van der Waals surface area contributed by atoms with E-state index in [1.165, 1.54) is 56.9 Å². The highest BCUT2D eigenvalue weighted by Crippen LogP contribution is 2.21. The quantitative estimate of drug-likeness (QED) is 0.625. The first-order valence-electron chi connectivity index (χ1n) is 9.27. The Kier molecular flexibility index (Phi) is 7.96. The third kappa shape index (κ3) is 6.10. The average Bonchev–Trinajstić information content (AvgIpc) is 2.87. The van der Waals surface area contributed by atoms with Gasteiger partial charge in [-0.2, -0.15) is 0 Å². The number of rotatable bonds is 10. The molecule has 0 amide bonds. The van der Waals surface area contributed by atoms with Gasteiger partial charge in [-0.1, -0.05) is 82.2 Å². The van der Waals surface area contributed by atoms with Crippen LogP contribution in [0, 0.1) is 0 Å². The Balaban J connectivity index is 1.60. The van der Waals surface area contributed by atoms with Crippen molar-refractivity contribution in [3.8, 4) is 0 Å². The minimum absolute atomic E-state index is 0.185. The van der Waals surface area contributed by atoms with E-state index in [0.29, 0.717) is 6.04 Å². The van der Waals surface area contributed by atoms with E-state index in [1.807, 2.05) is 6.07 Å². The summed E-state index contributed by atoms with van der Waals surface area (Å²) in [5.74, 6) is 0. The van der Waals surface area contributed by atoms with Crippen LogP contribution in [0.3, 0.4) is 0 Å². The van der Waals surface area contributed by atoms with Crippen molar-refractivity contribution < 1.29 is 5.11 Å². The van der Waals surface area contributed by atoms with Crippen LogP contribution < -0.4 is 5.32 Å². The van der Waals surface area contributed by atoms with Crippen LogP contribution in [0.15, 0.2) is 30.3 Å². The summed E-state index contributed by atoms with van der Waals surface area (Å²) in [5, 5.41) is 13.9. The van der Waals surface area contributed by atoms with Crippen molar-refractivity contribution in [2.24, 2.45) is 0 Å². The lowest BCUT2D eigenvalue weighted by atomic mass is 10.0. The van der Waals surface area contributed by atoms with Gasteiger partial charge in [-0.05, 0) is 24.8 Å². The maximum Gasteiger partial charge on any atom is 0.0711 e. The Labute approximate surface area is 136 Å². The molecule has 0 aliphatic carbocycles. The summed E-state index contributed by atoms with van der Waals surface area (Å²) in [6.45, 7) is 2.27. The molecule has 0 spiro atoms. The molecular formula is C20H33NO. The molecule has 2 nitrogen and oxygen atoms in total. The molecule has 0 aromatic heterocycles. The van der Waals surface area contributed by atoms with Crippen LogP contribution in [-0.4, -0.2) is 23.3 Å². The molecule has 1 aliphatic rings. The number of aliphatic hydroxyl groups is 1. The number of hydrogen-bond acceptors (Lipinski definition) is 2. The van der Waals surface area contributed by atoms with Crippen molar-refractivity contribution in [1.29, 1.82) is 0 Å². The molecule has 1 heterocycles. The second kappa shape index (κ2) is 10.0. The Morgan fingerprint density at radius 3 is 2.41 bits per heavy atom. The fourth-order valence-corrected chi connectivity index (χ4v) is 3.55. The van der Waals surface area contributed by atoms with Crippen LogP contribution in [0.25, 0.3) is 0 Å². The maximum absolute atomic E-state index is 10.3. The molecule has 2 N–H and O–H groups in total. The average molecular weight is 303 g/mol. The number of nitrogens with one attached hydrogen (secondary N) is 1. The molecule has 0 bridgehead atoms. The first kappa shape index (κ1) is 17.5. The van der Waals surface area contributed by atoms with Gasteiger partial charge in [0, 0.05) is 12.1 Å². The first-order chi connectivity index (χ1) is 10.8. The summed E-state index contributed by atoms with van der Waals surface area (Å²) in [4.78, 5) is 0. The Morgan fingerprint density at radius 2 is 1.68 bits per heavy atom. The smallest absolute Gasteiger partial charge is 0.0711 e. The number of aliphatic hydroxyl groups excluding tert-OH is 1. The Bertz CT molecular complexity index is 392. The molecule has 1 saturated heterocycles. The fraction of sp³-hybridized carbons (Fsp3) is 0.700. The minimum atomic E-state index is -0.185. The van der Waals surface area contributed by atoms with Crippen LogP contribution >= 0.6 is 0 Å². The first-order valence-corrected chi connectivity index (χ1v) is 9.27. The van der Waals surface area contributed by atoms with Crippen molar-refractivity contribution in [3.63, 3.8) is 0 Å². The molecule has 0 unspecified atom stereocenters. The molecule has 2 rings (SSSR count). The Morgan fingerprint density at radius 1 is 1.00 bits per heavy atom. The lowest BCUT2D eigenvalue weighted by Gasteiger charge is -2.16. The van der Waals surface area contributed by atoms with Crippen LogP contribution in [0.5, 0.6) is 0 Å². The second-order valence-corrected chi connectivity index (χ2v) is 6.87. The molecule has 124 valence electrons. The van der Waals surface area contributed by atoms with Crippen LogP contribution in [0.1, 0.15) is 70.3 Å². The zero-order chi connectivity index (χ0) is 15.6. The van der Waals surface area contributed by atoms with E-state index in [1.54, 1.807) is 0 Å². The second-order valence-electron chi connectivity index (χ2n) is 6.87. The number of benzene rings is 1. The van der Waals surface area contributed by atoms with Gasteiger partial charge in [0.25, 0.3) is 0 Å². The molecule has 3 atom stereocenters. The van der Waals surface area contributed by atoms with Gasteiger partial charge in [0.15, 0.2) is 0 Å². The van der Waals surface area contributed by atoms with Crippen molar-refractivity contribution in [2.75, 3.05) is 0 Å². The topological polar surface area (TPSA) is 32.3 Å². The highest BCUT2D eigenvalue weighted by atomic mass is 16.3. The molecule has 0 radical (unpaired) electrons. The third-order valence-corrected chi connectivity index (χ3v) is 4.89. The van der Waals surface area contributed by atoms with E-state index in [9.17, 15) is 5.11 Å². The lowest BCUT2D eigenvalue weighted by Crippen LogP contribution is -2.35. The van der Waals surface area contributed by atoms with E-state index in [2.05, 4.69) is 36.5 Å². The molecule has 22 heavy (non-hydrogen) atoms. The molecule has 0 saturated carbocycles. The van der Waals surface area contributed by atoms with Gasteiger partial charge in [-0.15, -0.1) is 0 Å². The maximum atomic E-state index is 10.3. The normalized spacial score (nSPS) is 24.7. The van der Waals surface area contributed by atoms with E-state index in [0.717, 1.165) is 12.8 Å². The summed E-state index contributed by atoms with van der Waals surface area (Å²) >= 11 is 0. The van der Waals surface area contributed by atoms with Gasteiger partial charge < -0.3 is 10.4 Å². The monoisotopic (exact) mass is 303 g/mol. The van der Waals surface area contributed by atoms with E-state index in [-0.39, 0.29) is 12.1 Å². The molecular weight excluding hydrogens is 270 g/mol. The number of hydrogen-bond donors (Lipinski definition) is 2. The van der Waals surface area contributed by atoms with Crippen molar-refractivity contribution in [3.05, 3.63) is 35.9 Å². The van der Waals surface area contributed by atoms with Gasteiger partial charge in [0.2, 0.25) is 0 Å². The van der Waals surface area contributed by atoms with E-state index in [4.69, 9.17) is 0 Å². The lowest BCUT2D eigenvalue weighted by molar-refractivity contribution is 0.158. The zero-order valence-electron chi connectivity index (χ0n) is 14.1. The van der Waals surface area contributed by atoms with Crippen LogP contribution in [0.4, 0.5) is 0 Å². The molecule has 1 aromatic rings. The van der Waals surface area contributed by atoms with Gasteiger partial charge in [-0.3, -0.25) is 0 Å². The highest BCUT2D eigenvalue weighted by Gasteiger charge is 2.31. The SMILES string of the molecule is CCCCCCCCC[C@@H]1C[C@H](O)[C@H](Cc2ccccc2)N1.